The predicted molar refractivity (Wildman–Crippen MR) is 136 cm³/mol. The molecule has 1 heterocycles. The van der Waals surface area contributed by atoms with Crippen LogP contribution in [0.2, 0.25) is 0 Å². The number of aromatic nitrogens is 2. The molecule has 1 aromatic heterocycles. The molecule has 0 aliphatic heterocycles. The van der Waals surface area contributed by atoms with Crippen LogP contribution in [0, 0.1) is 13.8 Å². The molecule has 0 aliphatic rings. The molecule has 0 saturated heterocycles. The van der Waals surface area contributed by atoms with Crippen molar-refractivity contribution in [3.8, 4) is 11.5 Å². The monoisotopic (exact) mass is 500 g/mol. The van der Waals surface area contributed by atoms with Crippen molar-refractivity contribution in [1.82, 2.24) is 9.78 Å². The fraction of sp³-hybridized carbons (Fsp3) is 0.360. The lowest BCUT2D eigenvalue weighted by atomic mass is 10.0. The van der Waals surface area contributed by atoms with E-state index in [4.69, 9.17) is 9.47 Å². The van der Waals surface area contributed by atoms with Gasteiger partial charge in [-0.15, -0.1) is 0 Å². The zero-order chi connectivity index (χ0) is 25.9. The zero-order valence-electron chi connectivity index (χ0n) is 21.1. The van der Waals surface area contributed by atoms with Gasteiger partial charge < -0.3 is 14.8 Å². The van der Waals surface area contributed by atoms with Crippen molar-refractivity contribution in [2.24, 2.45) is 7.05 Å². The van der Waals surface area contributed by atoms with E-state index in [2.05, 4.69) is 24.3 Å². The summed E-state index contributed by atoms with van der Waals surface area (Å²) in [5, 5.41) is 7.01. The maximum Gasteiger partial charge on any atom is 0.268 e. The van der Waals surface area contributed by atoms with Gasteiger partial charge >= 0.3 is 0 Å². The van der Waals surface area contributed by atoms with Crippen LogP contribution in [0.1, 0.15) is 36.7 Å². The van der Waals surface area contributed by atoms with E-state index in [1.165, 1.54) is 18.9 Å². The van der Waals surface area contributed by atoms with Gasteiger partial charge in [-0.2, -0.15) is 5.10 Å². The number of hydrogen-bond donors (Lipinski definition) is 1. The molecule has 0 spiro atoms. The second kappa shape index (κ2) is 10.4. The topological polar surface area (TPSA) is 103 Å². The number of aryl methyl sites for hydroxylation is 2. The van der Waals surface area contributed by atoms with Crippen LogP contribution in [0.25, 0.3) is 0 Å². The second-order valence-electron chi connectivity index (χ2n) is 8.50. The lowest BCUT2D eigenvalue weighted by Gasteiger charge is -2.25. The fourth-order valence-corrected chi connectivity index (χ4v) is 5.65. The molecule has 9 nitrogen and oxygen atoms in total. The van der Waals surface area contributed by atoms with Gasteiger partial charge in [0.15, 0.2) is 11.5 Å². The standard InChI is InChI=1S/C25H32N4O5S/c1-16(2)19-8-11-21(12-9-19)29(35(31,32)25-17(3)27-28(5)18(25)4)15-24(30)26-20-10-13-22(33-6)23(14-20)34-7/h8-14,16H,15H2,1-7H3,(H,26,30). The number of anilines is 2. The number of benzene rings is 2. The Labute approximate surface area is 206 Å². The van der Waals surface area contributed by atoms with Crippen LogP contribution in [0.3, 0.4) is 0 Å². The zero-order valence-corrected chi connectivity index (χ0v) is 21.9. The molecule has 0 atom stereocenters. The van der Waals surface area contributed by atoms with Gasteiger partial charge in [-0.05, 0) is 49.6 Å². The Morgan fingerprint density at radius 1 is 1.06 bits per heavy atom. The first-order valence-electron chi connectivity index (χ1n) is 11.1. The minimum Gasteiger partial charge on any atom is -0.493 e. The van der Waals surface area contributed by atoms with E-state index in [1.54, 1.807) is 51.2 Å². The average molecular weight is 501 g/mol. The molecule has 0 radical (unpaired) electrons. The molecule has 0 saturated carbocycles. The van der Waals surface area contributed by atoms with Crippen LogP contribution >= 0.6 is 0 Å². The summed E-state index contributed by atoms with van der Waals surface area (Å²) < 4.78 is 40.8. The normalized spacial score (nSPS) is 11.4. The molecule has 2 aromatic carbocycles. The first-order valence-corrected chi connectivity index (χ1v) is 12.6. The number of nitrogens with zero attached hydrogens (tertiary/aromatic N) is 3. The van der Waals surface area contributed by atoms with Crippen molar-refractivity contribution in [3.63, 3.8) is 0 Å². The molecular formula is C25H32N4O5S. The van der Waals surface area contributed by atoms with Gasteiger partial charge in [0.25, 0.3) is 10.0 Å². The summed E-state index contributed by atoms with van der Waals surface area (Å²) >= 11 is 0. The Kier molecular flexibility index (Phi) is 7.74. The van der Waals surface area contributed by atoms with Crippen LogP contribution in [0.4, 0.5) is 11.4 Å². The summed E-state index contributed by atoms with van der Waals surface area (Å²) in [6.07, 6.45) is 0. The third kappa shape index (κ3) is 5.43. The number of hydrogen-bond acceptors (Lipinski definition) is 6. The van der Waals surface area contributed by atoms with Crippen molar-refractivity contribution in [2.75, 3.05) is 30.4 Å². The number of methoxy groups -OCH3 is 2. The van der Waals surface area contributed by atoms with E-state index in [1.807, 2.05) is 12.1 Å². The summed E-state index contributed by atoms with van der Waals surface area (Å²) in [5.74, 6) is 0.737. The van der Waals surface area contributed by atoms with Gasteiger partial charge in [-0.1, -0.05) is 26.0 Å². The van der Waals surface area contributed by atoms with Crippen molar-refractivity contribution >= 4 is 27.3 Å². The molecule has 35 heavy (non-hydrogen) atoms. The highest BCUT2D eigenvalue weighted by Gasteiger charge is 2.32. The highest BCUT2D eigenvalue weighted by molar-refractivity contribution is 7.93. The number of amides is 1. The van der Waals surface area contributed by atoms with Crippen LogP contribution in [0.5, 0.6) is 11.5 Å². The minimum atomic E-state index is -4.09. The quantitative estimate of drug-likeness (QED) is 0.476. The Bertz CT molecular complexity index is 1310. The molecule has 3 aromatic rings. The van der Waals surface area contributed by atoms with Crippen LogP contribution in [-0.4, -0.2) is 44.9 Å². The summed E-state index contributed by atoms with van der Waals surface area (Å²) in [4.78, 5) is 13.2. The minimum absolute atomic E-state index is 0.0897. The van der Waals surface area contributed by atoms with Gasteiger partial charge in [0.2, 0.25) is 5.91 Å². The van der Waals surface area contributed by atoms with E-state index < -0.39 is 22.5 Å². The number of nitrogens with one attached hydrogen (secondary N) is 1. The molecule has 0 fully saturated rings. The van der Waals surface area contributed by atoms with Gasteiger partial charge in [0.05, 0.1) is 31.3 Å². The smallest absolute Gasteiger partial charge is 0.268 e. The lowest BCUT2D eigenvalue weighted by molar-refractivity contribution is -0.114. The van der Waals surface area contributed by atoms with Crippen molar-refractivity contribution in [1.29, 1.82) is 0 Å². The molecule has 188 valence electrons. The first kappa shape index (κ1) is 26.1. The molecule has 0 bridgehead atoms. The Morgan fingerprint density at radius 2 is 1.69 bits per heavy atom. The third-order valence-electron chi connectivity index (χ3n) is 5.79. The summed E-state index contributed by atoms with van der Waals surface area (Å²) in [5.41, 5.74) is 2.77. The molecule has 1 amide bonds. The second-order valence-corrected chi connectivity index (χ2v) is 10.3. The van der Waals surface area contributed by atoms with Gasteiger partial charge in [0.1, 0.15) is 11.4 Å². The Hall–Kier alpha value is -3.53. The van der Waals surface area contributed by atoms with E-state index in [0.717, 1.165) is 9.87 Å². The number of sulfonamides is 1. The number of carbonyl (C=O) groups excluding carboxylic acids is 1. The highest BCUT2D eigenvalue weighted by Crippen LogP contribution is 2.31. The maximum atomic E-state index is 13.8. The molecular weight excluding hydrogens is 468 g/mol. The maximum absolute atomic E-state index is 13.8. The van der Waals surface area contributed by atoms with Crippen LogP contribution in [-0.2, 0) is 21.9 Å². The first-order chi connectivity index (χ1) is 16.5. The number of carbonyl (C=O) groups is 1. The van der Waals surface area contributed by atoms with E-state index in [9.17, 15) is 13.2 Å². The van der Waals surface area contributed by atoms with Gasteiger partial charge in [-0.3, -0.25) is 13.8 Å². The fourth-order valence-electron chi connectivity index (χ4n) is 3.82. The predicted octanol–water partition coefficient (Wildman–Crippen LogP) is 4.01. The number of ether oxygens (including phenoxy) is 2. The Morgan fingerprint density at radius 3 is 2.20 bits per heavy atom. The SMILES string of the molecule is COc1ccc(NC(=O)CN(c2ccc(C(C)C)cc2)S(=O)(=O)c2c(C)nn(C)c2C)cc1OC. The highest BCUT2D eigenvalue weighted by atomic mass is 32.2. The van der Waals surface area contributed by atoms with Crippen molar-refractivity contribution in [3.05, 3.63) is 59.4 Å². The summed E-state index contributed by atoms with van der Waals surface area (Å²) in [7, 11) is 0.610. The lowest BCUT2D eigenvalue weighted by Crippen LogP contribution is -2.38. The van der Waals surface area contributed by atoms with Crippen molar-refractivity contribution in [2.45, 2.75) is 38.5 Å². The van der Waals surface area contributed by atoms with Crippen molar-refractivity contribution < 1.29 is 22.7 Å². The molecule has 10 heteroatoms. The van der Waals surface area contributed by atoms with Gasteiger partial charge in [-0.25, -0.2) is 8.42 Å². The number of rotatable bonds is 9. The molecule has 0 unspecified atom stereocenters. The summed E-state index contributed by atoms with van der Waals surface area (Å²) in [6.45, 7) is 7.02. The van der Waals surface area contributed by atoms with Crippen LogP contribution < -0.4 is 19.1 Å². The molecule has 0 aliphatic carbocycles. The van der Waals surface area contributed by atoms with Gasteiger partial charge in [0, 0.05) is 18.8 Å². The summed E-state index contributed by atoms with van der Waals surface area (Å²) in [6, 6.07) is 12.1. The van der Waals surface area contributed by atoms with E-state index >= 15 is 0 Å². The third-order valence-corrected chi connectivity index (χ3v) is 7.82. The van der Waals surface area contributed by atoms with Crippen LogP contribution in [0.15, 0.2) is 47.4 Å². The largest absolute Gasteiger partial charge is 0.493 e. The molecule has 3 rings (SSSR count). The molecule has 1 N–H and O–H groups in total. The van der Waals surface area contributed by atoms with E-state index in [-0.39, 0.29) is 10.8 Å². The van der Waals surface area contributed by atoms with E-state index in [0.29, 0.717) is 34.3 Å². The Balaban J connectivity index is 1.99. The average Bonchev–Trinajstić information content (AvgIpc) is 3.08.